The first-order valence-electron chi connectivity index (χ1n) is 9.67. The minimum atomic E-state index is -0.229. The molecule has 1 aliphatic rings. The van der Waals surface area contributed by atoms with Crippen molar-refractivity contribution in [1.82, 2.24) is 10.2 Å². The maximum absolute atomic E-state index is 13.6. The molecule has 0 bridgehead atoms. The van der Waals surface area contributed by atoms with Crippen LogP contribution < -0.4 is 5.32 Å². The fraction of sp³-hybridized carbons (Fsp3) is 0.409. The number of hydrogen-bond acceptors (Lipinski definition) is 3. The number of likely N-dealkylation sites (tertiary alicyclic amines) is 1. The van der Waals surface area contributed by atoms with Crippen LogP contribution in [0.4, 0.5) is 8.78 Å². The quantitative estimate of drug-likeness (QED) is 0.669. The zero-order valence-electron chi connectivity index (χ0n) is 15.9. The molecule has 1 atom stereocenters. The van der Waals surface area contributed by atoms with Gasteiger partial charge < -0.3 is 5.32 Å². The minimum Gasteiger partial charge on any atom is -0.355 e. The Morgan fingerprint density at radius 2 is 1.93 bits per heavy atom. The standard InChI is InChI=1S/C22H26F2N2OS/c23-20-9-7-17(8-10-20)14-26-12-3-5-18(15-26)22(27)25-11-13-28-16-19-4-1-2-6-21(19)24/h1-2,4,6-10,18H,3,5,11-16H2,(H,25,27)/t18-/m1/s1. The van der Waals surface area contributed by atoms with Gasteiger partial charge in [-0.15, -0.1) is 0 Å². The lowest BCUT2D eigenvalue weighted by atomic mass is 9.96. The third-order valence-electron chi connectivity index (χ3n) is 4.96. The van der Waals surface area contributed by atoms with Gasteiger partial charge in [-0.25, -0.2) is 8.78 Å². The van der Waals surface area contributed by atoms with Crippen LogP contribution in [0.5, 0.6) is 0 Å². The molecule has 1 aliphatic heterocycles. The summed E-state index contributed by atoms with van der Waals surface area (Å²) in [5.41, 5.74) is 1.76. The number of nitrogens with zero attached hydrogens (tertiary/aromatic N) is 1. The SMILES string of the molecule is O=C(NCCSCc1ccccc1F)[C@@H]1CCCN(Cc2ccc(F)cc2)C1. The molecule has 28 heavy (non-hydrogen) atoms. The van der Waals surface area contributed by atoms with E-state index in [0.29, 0.717) is 17.9 Å². The second-order valence-corrected chi connectivity index (χ2v) is 8.24. The number of carbonyl (C=O) groups is 1. The molecule has 1 fully saturated rings. The number of thioether (sulfide) groups is 1. The molecule has 1 amide bonds. The van der Waals surface area contributed by atoms with Crippen molar-refractivity contribution in [2.24, 2.45) is 5.92 Å². The Kier molecular flexibility index (Phi) is 7.86. The van der Waals surface area contributed by atoms with Crippen molar-refractivity contribution in [2.75, 3.05) is 25.4 Å². The molecular weight excluding hydrogens is 378 g/mol. The van der Waals surface area contributed by atoms with E-state index in [0.717, 1.165) is 43.8 Å². The van der Waals surface area contributed by atoms with Gasteiger partial charge in [0, 0.05) is 31.1 Å². The minimum absolute atomic E-state index is 0.00855. The van der Waals surface area contributed by atoms with Gasteiger partial charge >= 0.3 is 0 Å². The highest BCUT2D eigenvalue weighted by atomic mass is 32.2. The second-order valence-electron chi connectivity index (χ2n) is 7.14. The van der Waals surface area contributed by atoms with Crippen LogP contribution in [0.25, 0.3) is 0 Å². The number of amides is 1. The predicted molar refractivity (Wildman–Crippen MR) is 110 cm³/mol. The van der Waals surface area contributed by atoms with E-state index in [2.05, 4.69) is 10.2 Å². The summed E-state index contributed by atoms with van der Waals surface area (Å²) in [7, 11) is 0. The summed E-state index contributed by atoms with van der Waals surface area (Å²) < 4.78 is 26.6. The summed E-state index contributed by atoms with van der Waals surface area (Å²) in [6, 6.07) is 13.3. The van der Waals surface area contributed by atoms with Gasteiger partial charge in [-0.2, -0.15) is 11.8 Å². The second kappa shape index (κ2) is 10.6. The van der Waals surface area contributed by atoms with Gasteiger partial charge in [0.2, 0.25) is 5.91 Å². The van der Waals surface area contributed by atoms with Crippen LogP contribution in [-0.4, -0.2) is 36.2 Å². The number of benzene rings is 2. The summed E-state index contributed by atoms with van der Waals surface area (Å²) in [6.07, 6.45) is 1.88. The Morgan fingerprint density at radius 3 is 2.71 bits per heavy atom. The smallest absolute Gasteiger partial charge is 0.224 e. The zero-order valence-corrected chi connectivity index (χ0v) is 16.7. The van der Waals surface area contributed by atoms with Crippen LogP contribution in [-0.2, 0) is 17.1 Å². The summed E-state index contributed by atoms with van der Waals surface area (Å²) in [4.78, 5) is 14.7. The lowest BCUT2D eigenvalue weighted by Crippen LogP contribution is -2.43. The number of halogens is 2. The average Bonchev–Trinajstić information content (AvgIpc) is 2.71. The van der Waals surface area contributed by atoms with Gasteiger partial charge in [-0.1, -0.05) is 30.3 Å². The largest absolute Gasteiger partial charge is 0.355 e. The van der Waals surface area contributed by atoms with E-state index in [-0.39, 0.29) is 23.5 Å². The molecular formula is C22H26F2N2OS. The first-order chi connectivity index (χ1) is 13.6. The Hall–Kier alpha value is -1.92. The first-order valence-corrected chi connectivity index (χ1v) is 10.8. The molecule has 1 N–H and O–H groups in total. The number of carbonyl (C=O) groups excluding carboxylic acids is 1. The fourth-order valence-corrected chi connectivity index (χ4v) is 4.29. The molecule has 2 aromatic rings. The van der Waals surface area contributed by atoms with Gasteiger partial charge in [-0.3, -0.25) is 9.69 Å². The Bertz CT molecular complexity index is 769. The number of rotatable bonds is 8. The van der Waals surface area contributed by atoms with Crippen LogP contribution in [0, 0.1) is 17.6 Å². The molecule has 0 aromatic heterocycles. The van der Waals surface area contributed by atoms with Crippen molar-refractivity contribution in [3.05, 3.63) is 71.3 Å². The molecule has 0 unspecified atom stereocenters. The van der Waals surface area contributed by atoms with Crippen LogP contribution >= 0.6 is 11.8 Å². The molecule has 0 saturated carbocycles. The number of piperidine rings is 1. The molecule has 150 valence electrons. The van der Waals surface area contributed by atoms with E-state index in [9.17, 15) is 13.6 Å². The predicted octanol–water partition coefficient (Wildman–Crippen LogP) is 4.23. The molecule has 3 nitrogen and oxygen atoms in total. The highest BCUT2D eigenvalue weighted by molar-refractivity contribution is 7.98. The summed E-state index contributed by atoms with van der Waals surface area (Å²) in [5.74, 6) is 1.04. The molecule has 1 heterocycles. The van der Waals surface area contributed by atoms with Gasteiger partial charge in [0.25, 0.3) is 0 Å². The van der Waals surface area contributed by atoms with E-state index in [4.69, 9.17) is 0 Å². The van der Waals surface area contributed by atoms with E-state index in [1.807, 2.05) is 6.07 Å². The third kappa shape index (κ3) is 6.31. The monoisotopic (exact) mass is 404 g/mol. The van der Waals surface area contributed by atoms with Crippen molar-refractivity contribution in [2.45, 2.75) is 25.1 Å². The average molecular weight is 405 g/mol. The van der Waals surface area contributed by atoms with Crippen LogP contribution in [0.3, 0.4) is 0 Å². The maximum Gasteiger partial charge on any atom is 0.224 e. The van der Waals surface area contributed by atoms with Gasteiger partial charge in [-0.05, 0) is 48.7 Å². The highest BCUT2D eigenvalue weighted by Crippen LogP contribution is 2.19. The molecule has 1 saturated heterocycles. The Labute approximate surface area is 169 Å². The molecule has 0 radical (unpaired) electrons. The molecule has 3 rings (SSSR count). The van der Waals surface area contributed by atoms with Gasteiger partial charge in [0.05, 0.1) is 5.92 Å². The van der Waals surface area contributed by atoms with Crippen LogP contribution in [0.2, 0.25) is 0 Å². The maximum atomic E-state index is 13.6. The van der Waals surface area contributed by atoms with E-state index in [1.165, 1.54) is 18.2 Å². The van der Waals surface area contributed by atoms with Crippen LogP contribution in [0.1, 0.15) is 24.0 Å². The van der Waals surface area contributed by atoms with Crippen molar-refractivity contribution in [1.29, 1.82) is 0 Å². The fourth-order valence-electron chi connectivity index (χ4n) is 3.45. The zero-order chi connectivity index (χ0) is 19.8. The van der Waals surface area contributed by atoms with Crippen molar-refractivity contribution < 1.29 is 13.6 Å². The Balaban J connectivity index is 1.36. The summed E-state index contributed by atoms with van der Waals surface area (Å²) in [5, 5.41) is 3.02. The summed E-state index contributed by atoms with van der Waals surface area (Å²) in [6.45, 7) is 3.01. The Morgan fingerprint density at radius 1 is 1.14 bits per heavy atom. The summed E-state index contributed by atoms with van der Waals surface area (Å²) >= 11 is 1.62. The van der Waals surface area contributed by atoms with E-state index in [1.54, 1.807) is 36.0 Å². The molecule has 0 spiro atoms. The third-order valence-corrected chi connectivity index (χ3v) is 5.96. The normalized spacial score (nSPS) is 17.4. The lowest BCUT2D eigenvalue weighted by Gasteiger charge is -2.32. The van der Waals surface area contributed by atoms with E-state index >= 15 is 0 Å². The molecule has 2 aromatic carbocycles. The molecule has 6 heteroatoms. The molecule has 0 aliphatic carbocycles. The van der Waals surface area contributed by atoms with Crippen molar-refractivity contribution in [3.63, 3.8) is 0 Å². The topological polar surface area (TPSA) is 32.3 Å². The van der Waals surface area contributed by atoms with Gasteiger partial charge in [0.15, 0.2) is 0 Å². The van der Waals surface area contributed by atoms with E-state index < -0.39 is 0 Å². The highest BCUT2D eigenvalue weighted by Gasteiger charge is 2.25. The number of nitrogens with one attached hydrogen (secondary N) is 1. The lowest BCUT2D eigenvalue weighted by molar-refractivity contribution is -0.126. The number of hydrogen-bond donors (Lipinski definition) is 1. The van der Waals surface area contributed by atoms with Crippen molar-refractivity contribution in [3.8, 4) is 0 Å². The van der Waals surface area contributed by atoms with Crippen LogP contribution in [0.15, 0.2) is 48.5 Å². The van der Waals surface area contributed by atoms with Gasteiger partial charge in [0.1, 0.15) is 11.6 Å². The van der Waals surface area contributed by atoms with Crippen molar-refractivity contribution >= 4 is 17.7 Å². The first kappa shape index (κ1) is 20.8.